The highest BCUT2D eigenvalue weighted by molar-refractivity contribution is 7.93. The maximum absolute atomic E-state index is 11.2. The summed E-state index contributed by atoms with van der Waals surface area (Å²) >= 11 is 0.650. The van der Waals surface area contributed by atoms with Crippen molar-refractivity contribution in [2.24, 2.45) is 0 Å². The zero-order chi connectivity index (χ0) is 11.8. The van der Waals surface area contributed by atoms with Crippen LogP contribution in [0.4, 0.5) is 0 Å². The minimum absolute atomic E-state index is 0.428. The third-order valence-electron chi connectivity index (χ3n) is 1.68. The Morgan fingerprint density at radius 3 is 2.56 bits per heavy atom. The Morgan fingerprint density at radius 1 is 1.31 bits per heavy atom. The van der Waals surface area contributed by atoms with Gasteiger partial charge in [-0.2, -0.15) is 0 Å². The summed E-state index contributed by atoms with van der Waals surface area (Å²) in [4.78, 5) is 11.9. The van der Waals surface area contributed by atoms with Gasteiger partial charge in [0.05, 0.1) is 0 Å². The van der Waals surface area contributed by atoms with E-state index < -0.39 is 5.97 Å². The molecule has 0 unspecified atom stereocenters. The van der Waals surface area contributed by atoms with E-state index in [4.69, 9.17) is 9.29 Å². The van der Waals surface area contributed by atoms with Gasteiger partial charge in [-0.25, -0.2) is 4.79 Å². The van der Waals surface area contributed by atoms with Crippen molar-refractivity contribution >= 4 is 18.0 Å². The fourth-order valence-electron chi connectivity index (χ4n) is 0.964. The van der Waals surface area contributed by atoms with Crippen LogP contribution in [0.5, 0.6) is 5.75 Å². The second-order valence-corrected chi connectivity index (χ2v) is 3.52. The highest BCUT2D eigenvalue weighted by atomic mass is 32.2. The number of esters is 1. The standard InChI is InChI=1S/C12H12O3S/c1-2-3-4-5-12(13)15-10-6-8-11(16-14)9-7-10/h2-9,14H,1H3/b3-2+,5-4+. The number of allylic oxidation sites excluding steroid dienone is 3. The van der Waals surface area contributed by atoms with Crippen molar-refractivity contribution in [3.8, 4) is 5.75 Å². The summed E-state index contributed by atoms with van der Waals surface area (Å²) in [5.41, 5.74) is 0. The summed E-state index contributed by atoms with van der Waals surface area (Å²) in [7, 11) is 0. The van der Waals surface area contributed by atoms with Crippen molar-refractivity contribution in [1.82, 2.24) is 0 Å². The first kappa shape index (κ1) is 12.5. The van der Waals surface area contributed by atoms with E-state index in [2.05, 4.69) is 0 Å². The Morgan fingerprint density at radius 2 is 2.00 bits per heavy atom. The molecule has 0 atom stereocenters. The van der Waals surface area contributed by atoms with Crippen LogP contribution in [-0.4, -0.2) is 10.5 Å². The minimum Gasteiger partial charge on any atom is -0.423 e. The lowest BCUT2D eigenvalue weighted by atomic mass is 10.3. The summed E-state index contributed by atoms with van der Waals surface area (Å²) in [6, 6.07) is 6.59. The average molecular weight is 236 g/mol. The number of benzene rings is 1. The molecule has 3 nitrogen and oxygen atoms in total. The molecule has 0 saturated carbocycles. The van der Waals surface area contributed by atoms with Gasteiger partial charge in [-0.3, -0.25) is 0 Å². The summed E-state index contributed by atoms with van der Waals surface area (Å²) in [6.45, 7) is 1.86. The molecular formula is C12H12O3S. The summed E-state index contributed by atoms with van der Waals surface area (Å²) in [5, 5.41) is 0. The molecule has 84 valence electrons. The summed E-state index contributed by atoms with van der Waals surface area (Å²) in [6.07, 6.45) is 6.51. The molecule has 1 aromatic carbocycles. The van der Waals surface area contributed by atoms with Gasteiger partial charge in [-0.05, 0) is 31.2 Å². The lowest BCUT2D eigenvalue weighted by Crippen LogP contribution is -2.03. The SMILES string of the molecule is C/C=C/C=C/C(=O)Oc1ccc(SO)cc1. The number of rotatable bonds is 4. The molecule has 0 aliphatic carbocycles. The highest BCUT2D eigenvalue weighted by Gasteiger charge is 1.99. The minimum atomic E-state index is -0.428. The molecule has 1 aromatic rings. The molecule has 0 aromatic heterocycles. The maximum Gasteiger partial charge on any atom is 0.336 e. The molecule has 0 aliphatic heterocycles. The fourth-order valence-corrected chi connectivity index (χ4v) is 1.22. The van der Waals surface area contributed by atoms with Crippen molar-refractivity contribution in [2.75, 3.05) is 0 Å². The quantitative estimate of drug-likeness (QED) is 0.286. The van der Waals surface area contributed by atoms with Gasteiger partial charge in [-0.15, -0.1) is 0 Å². The largest absolute Gasteiger partial charge is 0.423 e. The van der Waals surface area contributed by atoms with Crippen LogP contribution < -0.4 is 4.74 Å². The van der Waals surface area contributed by atoms with Crippen LogP contribution >= 0.6 is 12.0 Å². The Kier molecular flexibility index (Phi) is 5.39. The van der Waals surface area contributed by atoms with Crippen LogP contribution in [0.1, 0.15) is 6.92 Å². The molecule has 0 heterocycles. The number of hydrogen-bond donors (Lipinski definition) is 1. The van der Waals surface area contributed by atoms with Crippen molar-refractivity contribution in [1.29, 1.82) is 0 Å². The second kappa shape index (κ2) is 6.87. The molecule has 0 fully saturated rings. The number of carbonyl (C=O) groups excluding carboxylic acids is 1. The number of ether oxygens (including phenoxy) is 1. The third kappa shape index (κ3) is 4.33. The van der Waals surface area contributed by atoms with Crippen molar-refractivity contribution < 1.29 is 14.1 Å². The first-order valence-electron chi connectivity index (χ1n) is 4.69. The van der Waals surface area contributed by atoms with E-state index in [9.17, 15) is 4.79 Å². The van der Waals surface area contributed by atoms with Gasteiger partial charge in [0, 0.05) is 23.0 Å². The zero-order valence-electron chi connectivity index (χ0n) is 8.79. The lowest BCUT2D eigenvalue weighted by Gasteiger charge is -2.01. The molecule has 1 rings (SSSR count). The van der Waals surface area contributed by atoms with E-state index in [0.717, 1.165) is 0 Å². The van der Waals surface area contributed by atoms with Crippen LogP contribution in [0, 0.1) is 0 Å². The Bertz CT molecular complexity index is 393. The molecule has 4 heteroatoms. The molecule has 0 spiro atoms. The molecule has 0 bridgehead atoms. The van der Waals surface area contributed by atoms with E-state index >= 15 is 0 Å². The van der Waals surface area contributed by atoms with Crippen LogP contribution in [0.15, 0.2) is 53.5 Å². The first-order valence-corrected chi connectivity index (χ1v) is 5.46. The Hall–Kier alpha value is -1.52. The zero-order valence-corrected chi connectivity index (χ0v) is 9.61. The van der Waals surface area contributed by atoms with Crippen molar-refractivity contribution in [3.05, 3.63) is 48.6 Å². The van der Waals surface area contributed by atoms with Gasteiger partial charge in [0.2, 0.25) is 0 Å². The summed E-state index contributed by atoms with van der Waals surface area (Å²) < 4.78 is 13.8. The molecule has 0 saturated heterocycles. The molecule has 0 amide bonds. The number of hydrogen-bond acceptors (Lipinski definition) is 4. The van der Waals surface area contributed by atoms with Gasteiger partial charge in [0.15, 0.2) is 0 Å². The molecule has 16 heavy (non-hydrogen) atoms. The number of carbonyl (C=O) groups is 1. The average Bonchev–Trinajstić information content (AvgIpc) is 2.30. The van der Waals surface area contributed by atoms with Gasteiger partial charge < -0.3 is 9.29 Å². The van der Waals surface area contributed by atoms with E-state index in [1.807, 2.05) is 13.0 Å². The molecule has 0 radical (unpaired) electrons. The topological polar surface area (TPSA) is 46.5 Å². The van der Waals surface area contributed by atoms with Crippen molar-refractivity contribution in [3.63, 3.8) is 0 Å². The summed E-state index contributed by atoms with van der Waals surface area (Å²) in [5.74, 6) is 0.0235. The van der Waals surface area contributed by atoms with Crippen LogP contribution in [0.25, 0.3) is 0 Å². The predicted octanol–water partition coefficient (Wildman–Crippen LogP) is 3.29. The molecule has 0 aliphatic rings. The predicted molar refractivity (Wildman–Crippen MR) is 64.5 cm³/mol. The monoisotopic (exact) mass is 236 g/mol. The molecular weight excluding hydrogens is 224 g/mol. The van der Waals surface area contributed by atoms with Crippen molar-refractivity contribution in [2.45, 2.75) is 11.8 Å². The first-order chi connectivity index (χ1) is 7.76. The van der Waals surface area contributed by atoms with E-state index in [0.29, 0.717) is 22.7 Å². The van der Waals surface area contributed by atoms with Gasteiger partial charge in [0.25, 0.3) is 0 Å². The fraction of sp³-hybridized carbons (Fsp3) is 0.0833. The van der Waals surface area contributed by atoms with Gasteiger partial charge in [0.1, 0.15) is 5.75 Å². The van der Waals surface area contributed by atoms with E-state index in [-0.39, 0.29) is 0 Å². The third-order valence-corrected chi connectivity index (χ3v) is 2.17. The van der Waals surface area contributed by atoms with E-state index in [1.54, 1.807) is 36.4 Å². The maximum atomic E-state index is 11.2. The van der Waals surface area contributed by atoms with E-state index in [1.165, 1.54) is 6.08 Å². The highest BCUT2D eigenvalue weighted by Crippen LogP contribution is 2.18. The molecule has 1 N–H and O–H groups in total. The van der Waals surface area contributed by atoms with Crippen LogP contribution in [0.3, 0.4) is 0 Å². The van der Waals surface area contributed by atoms with Crippen LogP contribution in [-0.2, 0) is 4.79 Å². The smallest absolute Gasteiger partial charge is 0.336 e. The Balaban J connectivity index is 2.56. The lowest BCUT2D eigenvalue weighted by molar-refractivity contribution is -0.128. The Labute approximate surface area is 98.6 Å². The van der Waals surface area contributed by atoms with Gasteiger partial charge in [-0.1, -0.05) is 18.2 Å². The van der Waals surface area contributed by atoms with Crippen LogP contribution in [0.2, 0.25) is 0 Å². The second-order valence-electron chi connectivity index (χ2n) is 2.87. The normalized spacial score (nSPS) is 11.1. The van der Waals surface area contributed by atoms with Gasteiger partial charge >= 0.3 is 5.97 Å².